The number of benzene rings is 1. The third-order valence-electron chi connectivity index (χ3n) is 9.58. The summed E-state index contributed by atoms with van der Waals surface area (Å²) < 4.78 is 20.3. The molecule has 1 atom stereocenters. The van der Waals surface area contributed by atoms with Gasteiger partial charge in [-0.1, -0.05) is 19.9 Å². The number of aromatic nitrogens is 3. The Bertz CT molecular complexity index is 1650. The van der Waals surface area contributed by atoms with Gasteiger partial charge < -0.3 is 14.6 Å². The highest BCUT2D eigenvalue weighted by Gasteiger charge is 2.34. The average Bonchev–Trinajstić information content (AvgIpc) is 3.48. The predicted octanol–water partition coefficient (Wildman–Crippen LogP) is 7.14. The molecule has 1 N–H and O–H groups in total. The molecule has 5 heterocycles. The van der Waals surface area contributed by atoms with Gasteiger partial charge in [-0.25, -0.2) is 14.4 Å². The van der Waals surface area contributed by atoms with E-state index in [1.54, 1.807) is 0 Å². The number of fused-ring (bicyclic) bond motifs is 2. The molecule has 1 unspecified atom stereocenters. The van der Waals surface area contributed by atoms with E-state index in [2.05, 4.69) is 69.8 Å². The number of allylic oxidation sites excluding steroid dienone is 3. The molecule has 0 saturated carbocycles. The van der Waals surface area contributed by atoms with Gasteiger partial charge in [0, 0.05) is 60.6 Å². The Kier molecular flexibility index (Phi) is 7.36. The third-order valence-corrected chi connectivity index (χ3v) is 9.58. The highest BCUT2D eigenvalue weighted by molar-refractivity contribution is 5.88. The number of pyridine rings is 1. The second-order valence-electron chi connectivity index (χ2n) is 13.7. The summed E-state index contributed by atoms with van der Waals surface area (Å²) in [7, 11) is 0. The van der Waals surface area contributed by atoms with E-state index in [9.17, 15) is 4.39 Å². The number of imidazole rings is 1. The zero-order chi connectivity index (χ0) is 29.7. The third kappa shape index (κ3) is 5.86. The van der Waals surface area contributed by atoms with Crippen LogP contribution in [0.25, 0.3) is 22.3 Å². The molecule has 1 saturated heterocycles. The second-order valence-corrected chi connectivity index (χ2v) is 13.7. The molecule has 7 nitrogen and oxygen atoms in total. The van der Waals surface area contributed by atoms with Crippen molar-refractivity contribution in [2.75, 3.05) is 32.8 Å². The minimum atomic E-state index is -0.699. The van der Waals surface area contributed by atoms with Crippen LogP contribution in [0.1, 0.15) is 70.7 Å². The van der Waals surface area contributed by atoms with E-state index >= 15 is 0 Å². The Morgan fingerprint density at radius 1 is 1.09 bits per heavy atom. The van der Waals surface area contributed by atoms with E-state index in [0.717, 1.165) is 92.1 Å². The van der Waals surface area contributed by atoms with E-state index in [-0.39, 0.29) is 5.41 Å². The lowest BCUT2D eigenvalue weighted by molar-refractivity contribution is 0.254. The van der Waals surface area contributed by atoms with Crippen molar-refractivity contribution in [2.45, 2.75) is 78.9 Å². The quantitative estimate of drug-likeness (QED) is 0.354. The van der Waals surface area contributed by atoms with E-state index in [1.807, 2.05) is 13.1 Å². The van der Waals surface area contributed by atoms with Gasteiger partial charge in [0.15, 0.2) is 5.65 Å². The smallest absolute Gasteiger partial charge is 0.177 e. The number of nitrogens with zero attached hydrogens (tertiary/aromatic N) is 5. The number of nitrogens with one attached hydrogen (secondary N) is 1. The molecule has 0 radical (unpaired) electrons. The van der Waals surface area contributed by atoms with Crippen LogP contribution in [0.4, 0.5) is 4.39 Å². The lowest BCUT2D eigenvalue weighted by Gasteiger charge is -2.38. The summed E-state index contributed by atoms with van der Waals surface area (Å²) in [5.74, 6) is 1.82. The van der Waals surface area contributed by atoms with Crippen molar-refractivity contribution < 1.29 is 9.13 Å². The maximum atomic E-state index is 13.9. The monoisotopic (exact) mass is 582 g/mol. The van der Waals surface area contributed by atoms with Gasteiger partial charge in [0.2, 0.25) is 0 Å². The van der Waals surface area contributed by atoms with Gasteiger partial charge >= 0.3 is 0 Å². The first-order chi connectivity index (χ1) is 20.7. The summed E-state index contributed by atoms with van der Waals surface area (Å²) in [6, 6.07) is 8.64. The van der Waals surface area contributed by atoms with E-state index < -0.39 is 6.17 Å². The van der Waals surface area contributed by atoms with Gasteiger partial charge in [-0.05, 0) is 92.7 Å². The summed E-state index contributed by atoms with van der Waals surface area (Å²) in [5, 5.41) is 0. The molecule has 0 bridgehead atoms. The fraction of sp³-hybridized carbons (Fsp3) is 0.514. The Morgan fingerprint density at radius 2 is 1.98 bits per heavy atom. The molecule has 8 heteroatoms. The molecule has 2 aromatic heterocycles. The summed E-state index contributed by atoms with van der Waals surface area (Å²) in [6.45, 7) is 13.5. The van der Waals surface area contributed by atoms with Gasteiger partial charge in [-0.2, -0.15) is 0 Å². The molecule has 1 aromatic carbocycles. The molecule has 1 aliphatic carbocycles. The zero-order valence-corrected chi connectivity index (χ0v) is 26.0. The number of hydrogen-bond donors (Lipinski definition) is 1. The van der Waals surface area contributed by atoms with Crippen LogP contribution in [-0.2, 0) is 6.54 Å². The first-order valence-electron chi connectivity index (χ1n) is 15.9. The number of hydrogen-bond acceptors (Lipinski definition) is 6. The minimum Gasteiger partial charge on any atom is -0.491 e. The largest absolute Gasteiger partial charge is 0.491 e. The van der Waals surface area contributed by atoms with Crippen molar-refractivity contribution in [3.8, 4) is 16.9 Å². The Hall–Kier alpha value is -3.52. The lowest BCUT2D eigenvalue weighted by Crippen LogP contribution is -2.32. The van der Waals surface area contributed by atoms with Crippen LogP contribution in [0.5, 0.6) is 5.75 Å². The van der Waals surface area contributed by atoms with Crippen LogP contribution >= 0.6 is 0 Å². The second kappa shape index (κ2) is 11.2. The van der Waals surface area contributed by atoms with Crippen LogP contribution in [0, 0.1) is 12.3 Å². The summed E-state index contributed by atoms with van der Waals surface area (Å²) >= 11 is 0. The predicted molar refractivity (Wildman–Crippen MR) is 170 cm³/mol. The highest BCUT2D eigenvalue weighted by atomic mass is 19.1. The number of ether oxygens (including phenoxy) is 1. The van der Waals surface area contributed by atoms with E-state index in [0.29, 0.717) is 19.6 Å². The van der Waals surface area contributed by atoms with Gasteiger partial charge in [-0.15, -0.1) is 0 Å². The Balaban J connectivity index is 1.23. The first-order valence-corrected chi connectivity index (χ1v) is 15.9. The molecule has 3 aliphatic heterocycles. The van der Waals surface area contributed by atoms with Crippen LogP contribution in [0.2, 0.25) is 0 Å². The first kappa shape index (κ1) is 28.3. The fourth-order valence-corrected chi connectivity index (χ4v) is 7.28. The van der Waals surface area contributed by atoms with Crippen molar-refractivity contribution in [2.24, 2.45) is 10.4 Å². The van der Waals surface area contributed by atoms with Crippen molar-refractivity contribution in [1.29, 1.82) is 0 Å². The van der Waals surface area contributed by atoms with Crippen molar-refractivity contribution in [3.05, 3.63) is 64.4 Å². The molecule has 4 aliphatic rings. The lowest BCUT2D eigenvalue weighted by atomic mass is 9.74. The molecule has 226 valence electrons. The molecule has 0 spiro atoms. The molecule has 0 amide bonds. The van der Waals surface area contributed by atoms with Gasteiger partial charge in [-0.3, -0.25) is 9.89 Å². The number of halogens is 1. The van der Waals surface area contributed by atoms with E-state index in [4.69, 9.17) is 9.73 Å². The average molecular weight is 583 g/mol. The van der Waals surface area contributed by atoms with Crippen LogP contribution in [0.15, 0.2) is 58.0 Å². The Morgan fingerprint density at radius 3 is 2.81 bits per heavy atom. The minimum absolute atomic E-state index is 0.222. The Labute approximate surface area is 254 Å². The van der Waals surface area contributed by atoms with E-state index in [1.165, 1.54) is 33.8 Å². The van der Waals surface area contributed by atoms with Crippen LogP contribution in [-0.4, -0.2) is 69.4 Å². The number of aromatic amines is 1. The zero-order valence-electron chi connectivity index (χ0n) is 26.0. The summed E-state index contributed by atoms with van der Waals surface area (Å²) in [6.07, 6.45) is 6.89. The number of aryl methyl sites for hydroxylation is 1. The molecule has 7 rings (SSSR count). The van der Waals surface area contributed by atoms with Gasteiger partial charge in [0.25, 0.3) is 0 Å². The topological polar surface area (TPSA) is 69.6 Å². The van der Waals surface area contributed by atoms with Gasteiger partial charge in [0.05, 0.1) is 12.1 Å². The molecular formula is C35H43FN6O. The van der Waals surface area contributed by atoms with Crippen molar-refractivity contribution >= 4 is 16.9 Å². The number of rotatable bonds is 4. The summed E-state index contributed by atoms with van der Waals surface area (Å²) in [5.41, 5.74) is 11.9. The van der Waals surface area contributed by atoms with Crippen LogP contribution < -0.4 is 4.74 Å². The molecule has 43 heavy (non-hydrogen) atoms. The van der Waals surface area contributed by atoms with Crippen molar-refractivity contribution in [1.82, 2.24) is 24.8 Å². The highest BCUT2D eigenvalue weighted by Crippen LogP contribution is 2.45. The number of alkyl halides is 1. The standard InChI is InChI=1S/C35H43FN6O/c1-22-5-7-28(21-41-12-10-27(36)20-41)40-30-9-11-35(3,4)17-29(30)33(22)42-13-14-43-32-8-6-24(15-26(32)19-42)25-16-31-34(37-18-25)39-23(2)38-31/h6,8,15-16,18,27H,5,7,9-14,17,19-21H2,1-4H3,(H,37,38,39). The number of aliphatic imine (C=N–C) groups is 1. The SMILES string of the molecule is CC1=C(N2CCOc3ccc(-c4cnc5nc(C)[nH]c5c4)cc3C2)C2=C(CCC(C)(C)C2)N=C(CN2CCC(F)C2)CC1. The normalized spacial score (nSPS) is 23.0. The molecule has 3 aromatic rings. The molecular weight excluding hydrogens is 539 g/mol. The molecule has 1 fully saturated rings. The maximum Gasteiger partial charge on any atom is 0.177 e. The summed E-state index contributed by atoms with van der Waals surface area (Å²) in [4.78, 5) is 22.5. The number of H-pyrrole nitrogens is 1. The van der Waals surface area contributed by atoms with Crippen molar-refractivity contribution in [3.63, 3.8) is 0 Å². The van der Waals surface area contributed by atoms with Gasteiger partial charge in [0.1, 0.15) is 24.4 Å². The fourth-order valence-electron chi connectivity index (χ4n) is 7.28. The maximum absolute atomic E-state index is 13.9. The number of likely N-dealkylation sites (tertiary alicyclic amines) is 1. The van der Waals surface area contributed by atoms with Crippen LogP contribution in [0.3, 0.4) is 0 Å².